The Morgan fingerprint density at radius 1 is 1.35 bits per heavy atom. The zero-order chi connectivity index (χ0) is 16.0. The lowest BCUT2D eigenvalue weighted by atomic mass is 10.00. The van der Waals surface area contributed by atoms with Crippen LogP contribution in [0.1, 0.15) is 17.8 Å². The third kappa shape index (κ3) is 2.33. The molecule has 0 bridgehead atoms. The molecule has 1 aromatic carbocycles. The van der Waals surface area contributed by atoms with Crippen molar-refractivity contribution in [1.29, 1.82) is 0 Å². The first-order valence-electron chi connectivity index (χ1n) is 7.46. The Hall–Kier alpha value is -2.54. The molecule has 1 aliphatic rings. The maximum absolute atomic E-state index is 13.7. The molecule has 1 fully saturated rings. The van der Waals surface area contributed by atoms with Gasteiger partial charge in [0.25, 0.3) is 0 Å². The highest BCUT2D eigenvalue weighted by Gasteiger charge is 2.40. The molecule has 4 rings (SSSR count). The molecular weight excluding hydrogens is 297 g/mol. The van der Waals surface area contributed by atoms with Crippen molar-refractivity contribution < 1.29 is 9.50 Å². The Morgan fingerprint density at radius 2 is 2.22 bits per heavy atom. The second kappa shape index (κ2) is 4.99. The normalized spacial score (nSPS) is 21.3. The molecule has 0 aliphatic carbocycles. The number of aryl methyl sites for hydroxylation is 1. The van der Waals surface area contributed by atoms with Crippen LogP contribution in [0.5, 0.6) is 0 Å². The number of halogens is 1. The first kappa shape index (κ1) is 14.1. The van der Waals surface area contributed by atoms with E-state index in [0.29, 0.717) is 25.2 Å². The van der Waals surface area contributed by atoms with Crippen LogP contribution >= 0.6 is 0 Å². The summed E-state index contributed by atoms with van der Waals surface area (Å²) < 4.78 is 13.7. The number of nitrogens with zero attached hydrogens (tertiary/aromatic N) is 4. The van der Waals surface area contributed by atoms with Crippen LogP contribution in [-0.2, 0) is 5.60 Å². The van der Waals surface area contributed by atoms with Crippen LogP contribution in [0.4, 0.5) is 10.1 Å². The minimum absolute atomic E-state index is 0.296. The topological polar surface area (TPSA) is 77.9 Å². The lowest BCUT2D eigenvalue weighted by molar-refractivity contribution is 0.0560. The SMILES string of the molecule is Cc1cc(N2CCC(O)(c3cn[nH]n3)C2)c2cc(F)ccc2n1. The van der Waals surface area contributed by atoms with E-state index < -0.39 is 5.60 Å². The van der Waals surface area contributed by atoms with E-state index >= 15 is 0 Å². The highest BCUT2D eigenvalue weighted by Crippen LogP contribution is 2.36. The van der Waals surface area contributed by atoms with E-state index in [1.807, 2.05) is 17.9 Å². The lowest BCUT2D eigenvalue weighted by Gasteiger charge is -2.24. The standard InChI is InChI=1S/C16H16FN5O/c1-10-6-14(12-7-11(17)2-3-13(12)19-10)22-5-4-16(23,9-22)15-8-18-21-20-15/h2-3,6-8,23H,4-5,9H2,1H3,(H,18,20,21). The fraction of sp³-hybridized carbons (Fsp3) is 0.312. The predicted octanol–water partition coefficient (Wildman–Crippen LogP) is 1.90. The number of pyridine rings is 1. The van der Waals surface area contributed by atoms with Gasteiger partial charge in [-0.3, -0.25) is 4.98 Å². The van der Waals surface area contributed by atoms with Crippen LogP contribution in [-0.4, -0.2) is 38.6 Å². The second-order valence-corrected chi connectivity index (χ2v) is 6.00. The van der Waals surface area contributed by atoms with E-state index in [2.05, 4.69) is 20.4 Å². The first-order chi connectivity index (χ1) is 11.0. The Labute approximate surface area is 132 Å². The second-order valence-electron chi connectivity index (χ2n) is 6.00. The van der Waals surface area contributed by atoms with Crippen LogP contribution in [0.25, 0.3) is 10.9 Å². The Bertz CT molecular complexity index is 866. The third-order valence-corrected chi connectivity index (χ3v) is 4.36. The summed E-state index contributed by atoms with van der Waals surface area (Å²) in [6.45, 7) is 2.94. The van der Waals surface area contributed by atoms with Gasteiger partial charge in [0.15, 0.2) is 0 Å². The van der Waals surface area contributed by atoms with Gasteiger partial charge in [-0.25, -0.2) is 4.39 Å². The molecule has 0 amide bonds. The van der Waals surface area contributed by atoms with Gasteiger partial charge in [-0.1, -0.05) is 0 Å². The number of β-amino-alcohol motifs (C(OH)–C–C–N with tert-alkyl or cyclic N) is 1. The summed E-state index contributed by atoms with van der Waals surface area (Å²) in [4.78, 5) is 6.50. The van der Waals surface area contributed by atoms with Gasteiger partial charge >= 0.3 is 0 Å². The number of hydrogen-bond donors (Lipinski definition) is 2. The summed E-state index contributed by atoms with van der Waals surface area (Å²) in [5.41, 5.74) is 1.96. The molecule has 0 radical (unpaired) electrons. The summed E-state index contributed by atoms with van der Waals surface area (Å²) in [6.07, 6.45) is 2.08. The number of H-pyrrole nitrogens is 1. The first-order valence-corrected chi connectivity index (χ1v) is 7.46. The van der Waals surface area contributed by atoms with Gasteiger partial charge in [-0.2, -0.15) is 15.4 Å². The highest BCUT2D eigenvalue weighted by atomic mass is 19.1. The molecule has 1 saturated heterocycles. The van der Waals surface area contributed by atoms with Gasteiger partial charge in [0.1, 0.15) is 17.1 Å². The van der Waals surface area contributed by atoms with Gasteiger partial charge < -0.3 is 10.0 Å². The predicted molar refractivity (Wildman–Crippen MR) is 83.5 cm³/mol. The molecule has 1 aliphatic heterocycles. The Morgan fingerprint density at radius 3 is 3.00 bits per heavy atom. The zero-order valence-electron chi connectivity index (χ0n) is 12.6. The highest BCUT2D eigenvalue weighted by molar-refractivity contribution is 5.92. The van der Waals surface area contributed by atoms with Crippen molar-refractivity contribution in [1.82, 2.24) is 20.4 Å². The molecule has 2 aromatic heterocycles. The molecule has 118 valence electrons. The van der Waals surface area contributed by atoms with Crippen LogP contribution in [0, 0.1) is 12.7 Å². The van der Waals surface area contributed by atoms with Crippen molar-refractivity contribution in [3.63, 3.8) is 0 Å². The van der Waals surface area contributed by atoms with Crippen molar-refractivity contribution in [2.45, 2.75) is 18.9 Å². The van der Waals surface area contributed by atoms with Crippen LogP contribution < -0.4 is 4.90 Å². The molecule has 7 heteroatoms. The van der Waals surface area contributed by atoms with Crippen molar-refractivity contribution in [2.75, 3.05) is 18.0 Å². The van der Waals surface area contributed by atoms with Crippen molar-refractivity contribution >= 4 is 16.6 Å². The maximum Gasteiger partial charge on any atom is 0.129 e. The van der Waals surface area contributed by atoms with E-state index in [1.54, 1.807) is 12.3 Å². The van der Waals surface area contributed by atoms with E-state index in [9.17, 15) is 9.50 Å². The van der Waals surface area contributed by atoms with E-state index in [0.717, 1.165) is 22.3 Å². The van der Waals surface area contributed by atoms with Crippen molar-refractivity contribution in [2.24, 2.45) is 0 Å². The molecule has 6 nitrogen and oxygen atoms in total. The fourth-order valence-electron chi connectivity index (χ4n) is 3.20. The van der Waals surface area contributed by atoms with E-state index in [1.165, 1.54) is 12.1 Å². The Kier molecular flexibility index (Phi) is 3.05. The molecule has 1 atom stereocenters. The minimum atomic E-state index is -1.05. The summed E-state index contributed by atoms with van der Waals surface area (Å²) in [6, 6.07) is 6.51. The van der Waals surface area contributed by atoms with Gasteiger partial charge in [0.05, 0.1) is 18.3 Å². The number of aromatic amines is 1. The van der Waals surface area contributed by atoms with Crippen molar-refractivity contribution in [3.8, 4) is 0 Å². The van der Waals surface area contributed by atoms with Crippen LogP contribution in [0.15, 0.2) is 30.5 Å². The maximum atomic E-state index is 13.7. The average Bonchev–Trinajstić information content (AvgIpc) is 3.17. The van der Waals surface area contributed by atoms with Crippen LogP contribution in [0.3, 0.4) is 0 Å². The number of hydrogen-bond acceptors (Lipinski definition) is 5. The summed E-state index contributed by atoms with van der Waals surface area (Å²) in [5, 5.41) is 21.9. The smallest absolute Gasteiger partial charge is 0.129 e. The monoisotopic (exact) mass is 313 g/mol. The summed E-state index contributed by atoms with van der Waals surface area (Å²) in [7, 11) is 0. The molecule has 23 heavy (non-hydrogen) atoms. The van der Waals surface area contributed by atoms with Gasteiger partial charge in [-0.05, 0) is 31.2 Å². The molecule has 3 aromatic rings. The number of nitrogens with one attached hydrogen (secondary N) is 1. The molecule has 1 unspecified atom stereocenters. The lowest BCUT2D eigenvalue weighted by Crippen LogP contribution is -2.31. The Balaban J connectivity index is 1.77. The zero-order valence-corrected chi connectivity index (χ0v) is 12.6. The molecule has 0 saturated carbocycles. The van der Waals surface area contributed by atoms with E-state index in [-0.39, 0.29) is 5.82 Å². The number of aliphatic hydroxyl groups is 1. The number of rotatable bonds is 2. The number of fused-ring (bicyclic) bond motifs is 1. The van der Waals surface area contributed by atoms with Gasteiger partial charge in [0, 0.05) is 29.7 Å². The van der Waals surface area contributed by atoms with Crippen molar-refractivity contribution in [3.05, 3.63) is 47.7 Å². The summed E-state index contributed by atoms with van der Waals surface area (Å²) >= 11 is 0. The summed E-state index contributed by atoms with van der Waals surface area (Å²) in [5.74, 6) is -0.296. The largest absolute Gasteiger partial charge is 0.381 e. The quantitative estimate of drug-likeness (QED) is 0.755. The number of aromatic nitrogens is 4. The van der Waals surface area contributed by atoms with Gasteiger partial charge in [0.2, 0.25) is 0 Å². The third-order valence-electron chi connectivity index (χ3n) is 4.36. The number of benzene rings is 1. The molecule has 0 spiro atoms. The van der Waals surface area contributed by atoms with Crippen LogP contribution in [0.2, 0.25) is 0 Å². The molecule has 2 N–H and O–H groups in total. The van der Waals surface area contributed by atoms with E-state index in [4.69, 9.17) is 0 Å². The molecule has 3 heterocycles. The molecular formula is C16H16FN5O. The van der Waals surface area contributed by atoms with Gasteiger partial charge in [-0.15, -0.1) is 0 Å². The number of anilines is 1. The fourth-order valence-corrected chi connectivity index (χ4v) is 3.20. The average molecular weight is 313 g/mol. The minimum Gasteiger partial charge on any atom is -0.381 e.